The van der Waals surface area contributed by atoms with Crippen molar-refractivity contribution in [2.24, 2.45) is 0 Å². The van der Waals surface area contributed by atoms with E-state index >= 15 is 0 Å². The Morgan fingerprint density at radius 1 is 1.00 bits per heavy atom. The normalized spacial score (nSPS) is 10.3. The smallest absolute Gasteiger partial charge is 0.206 e. The van der Waals surface area contributed by atoms with E-state index < -0.39 is 23.0 Å². The molecule has 0 unspecified atom stereocenters. The first-order valence-corrected chi connectivity index (χ1v) is 6.69. The Labute approximate surface area is 128 Å². The summed E-state index contributed by atoms with van der Waals surface area (Å²) in [6, 6.07) is 6.86. The molecule has 0 saturated carbocycles. The van der Waals surface area contributed by atoms with E-state index in [1.54, 1.807) is 6.07 Å². The van der Waals surface area contributed by atoms with Crippen LogP contribution in [0.1, 0.15) is 15.9 Å². The predicted molar refractivity (Wildman–Crippen MR) is 77.0 cm³/mol. The second-order valence-electron chi connectivity index (χ2n) is 4.08. The zero-order valence-corrected chi connectivity index (χ0v) is 12.8. The van der Waals surface area contributed by atoms with Crippen LogP contribution < -0.4 is 9.47 Å². The van der Waals surface area contributed by atoms with Crippen LogP contribution in [0.3, 0.4) is 0 Å². The first-order chi connectivity index (χ1) is 10.0. The molecule has 21 heavy (non-hydrogen) atoms. The van der Waals surface area contributed by atoms with Gasteiger partial charge in [-0.25, -0.2) is 8.78 Å². The summed E-state index contributed by atoms with van der Waals surface area (Å²) in [5, 5.41) is 0. The Morgan fingerprint density at radius 3 is 2.10 bits per heavy atom. The van der Waals surface area contributed by atoms with Crippen molar-refractivity contribution in [3.8, 4) is 11.5 Å². The van der Waals surface area contributed by atoms with Crippen molar-refractivity contribution in [3.63, 3.8) is 0 Å². The topological polar surface area (TPSA) is 35.5 Å². The minimum Gasteiger partial charge on any atom is -0.496 e. The molecule has 3 nitrogen and oxygen atoms in total. The maximum atomic E-state index is 14.1. The number of halogens is 3. The molecule has 0 aliphatic heterocycles. The van der Waals surface area contributed by atoms with Crippen LogP contribution in [-0.4, -0.2) is 20.0 Å². The third-order valence-corrected chi connectivity index (χ3v) is 3.54. The summed E-state index contributed by atoms with van der Waals surface area (Å²) in [5.41, 5.74) is -0.689. The number of methoxy groups -OCH3 is 2. The molecule has 2 rings (SSSR count). The first-order valence-electron chi connectivity index (χ1n) is 5.90. The fourth-order valence-electron chi connectivity index (χ4n) is 1.94. The molecule has 0 saturated heterocycles. The lowest BCUT2D eigenvalue weighted by Crippen LogP contribution is -2.11. The van der Waals surface area contributed by atoms with Gasteiger partial charge in [-0.3, -0.25) is 4.79 Å². The van der Waals surface area contributed by atoms with E-state index in [1.807, 2.05) is 0 Å². The van der Waals surface area contributed by atoms with Crippen molar-refractivity contribution < 1.29 is 23.0 Å². The van der Waals surface area contributed by atoms with Gasteiger partial charge in [0.05, 0.1) is 24.3 Å². The highest BCUT2D eigenvalue weighted by Crippen LogP contribution is 2.33. The van der Waals surface area contributed by atoms with Gasteiger partial charge in [0.25, 0.3) is 0 Å². The van der Waals surface area contributed by atoms with Gasteiger partial charge < -0.3 is 9.47 Å². The highest BCUT2D eigenvalue weighted by molar-refractivity contribution is 9.10. The molecule has 0 aromatic heterocycles. The van der Waals surface area contributed by atoms with Crippen molar-refractivity contribution in [2.45, 2.75) is 0 Å². The second kappa shape index (κ2) is 6.22. The summed E-state index contributed by atoms with van der Waals surface area (Å²) in [6.07, 6.45) is 0. The standard InChI is InChI=1S/C15H11BrF2O3/c1-20-10-4-3-5-11(21-2)13(10)15(19)12-9(17)7-6-8(16)14(12)18/h3-7H,1-2H3. The molecule has 0 radical (unpaired) electrons. The SMILES string of the molecule is COc1cccc(OC)c1C(=O)c1c(F)ccc(Br)c1F. The zero-order chi connectivity index (χ0) is 15.6. The minimum atomic E-state index is -0.965. The summed E-state index contributed by atoms with van der Waals surface area (Å²) in [6.45, 7) is 0. The van der Waals surface area contributed by atoms with Crippen LogP contribution in [0, 0.1) is 11.6 Å². The molecule has 0 atom stereocenters. The monoisotopic (exact) mass is 356 g/mol. The van der Waals surface area contributed by atoms with Gasteiger partial charge in [-0.15, -0.1) is 0 Å². The molecular weight excluding hydrogens is 346 g/mol. The average Bonchev–Trinajstić information content (AvgIpc) is 2.50. The molecule has 110 valence electrons. The second-order valence-corrected chi connectivity index (χ2v) is 4.94. The van der Waals surface area contributed by atoms with Crippen molar-refractivity contribution in [2.75, 3.05) is 14.2 Å². The molecule has 0 fully saturated rings. The Balaban J connectivity index is 2.69. The van der Waals surface area contributed by atoms with Gasteiger partial charge in [0.2, 0.25) is 5.78 Å². The maximum Gasteiger partial charge on any atom is 0.206 e. The molecule has 0 aliphatic carbocycles. The Hall–Kier alpha value is -1.95. The van der Waals surface area contributed by atoms with Gasteiger partial charge in [0.1, 0.15) is 22.9 Å². The van der Waals surface area contributed by atoms with Gasteiger partial charge >= 0.3 is 0 Å². The highest BCUT2D eigenvalue weighted by Gasteiger charge is 2.26. The first kappa shape index (κ1) is 15.4. The molecule has 2 aromatic carbocycles. The van der Waals surface area contributed by atoms with E-state index in [9.17, 15) is 13.6 Å². The molecule has 0 spiro atoms. The average molecular weight is 357 g/mol. The van der Waals surface area contributed by atoms with E-state index in [0.29, 0.717) is 0 Å². The number of carbonyl (C=O) groups is 1. The Morgan fingerprint density at radius 2 is 1.57 bits per heavy atom. The number of hydrogen-bond acceptors (Lipinski definition) is 3. The molecule has 0 amide bonds. The van der Waals surface area contributed by atoms with Gasteiger partial charge in [-0.2, -0.15) is 0 Å². The van der Waals surface area contributed by atoms with E-state index in [0.717, 1.165) is 6.07 Å². The number of hydrogen-bond donors (Lipinski definition) is 0. The predicted octanol–water partition coefficient (Wildman–Crippen LogP) is 3.98. The lowest BCUT2D eigenvalue weighted by atomic mass is 10.0. The summed E-state index contributed by atoms with van der Waals surface area (Å²) in [4.78, 5) is 12.5. The maximum absolute atomic E-state index is 14.1. The highest BCUT2D eigenvalue weighted by atomic mass is 79.9. The summed E-state index contributed by atoms with van der Waals surface area (Å²) < 4.78 is 38.1. The van der Waals surface area contributed by atoms with Gasteiger partial charge in [0, 0.05) is 0 Å². The van der Waals surface area contributed by atoms with Crippen LogP contribution in [0.5, 0.6) is 11.5 Å². The quantitative estimate of drug-likeness (QED) is 0.614. The lowest BCUT2D eigenvalue weighted by Gasteiger charge is -2.13. The molecule has 6 heteroatoms. The largest absolute Gasteiger partial charge is 0.496 e. The minimum absolute atomic E-state index is 0.00103. The Kier molecular flexibility index (Phi) is 4.57. The third-order valence-electron chi connectivity index (χ3n) is 2.93. The fraction of sp³-hybridized carbons (Fsp3) is 0.133. The van der Waals surface area contributed by atoms with Crippen LogP contribution >= 0.6 is 15.9 Å². The van der Waals surface area contributed by atoms with Gasteiger partial charge in [0.15, 0.2) is 5.82 Å². The molecule has 0 heterocycles. The van der Waals surface area contributed by atoms with Crippen LogP contribution in [0.2, 0.25) is 0 Å². The molecule has 0 aliphatic rings. The van der Waals surface area contributed by atoms with E-state index in [4.69, 9.17) is 9.47 Å². The molecule has 0 bridgehead atoms. The van der Waals surface area contributed by atoms with Crippen molar-refractivity contribution in [3.05, 3.63) is 57.6 Å². The summed E-state index contributed by atoms with van der Waals surface area (Å²) in [5.74, 6) is -2.40. The van der Waals surface area contributed by atoms with Crippen LogP contribution in [0.15, 0.2) is 34.8 Å². The summed E-state index contributed by atoms with van der Waals surface area (Å²) >= 11 is 2.94. The van der Waals surface area contributed by atoms with Gasteiger partial charge in [-0.05, 0) is 40.2 Å². The van der Waals surface area contributed by atoms with E-state index in [2.05, 4.69) is 15.9 Å². The summed E-state index contributed by atoms with van der Waals surface area (Å²) in [7, 11) is 2.72. The molecule has 0 N–H and O–H groups in total. The number of ketones is 1. The fourth-order valence-corrected chi connectivity index (χ4v) is 2.27. The third kappa shape index (κ3) is 2.76. The van der Waals surface area contributed by atoms with E-state index in [1.165, 1.54) is 32.4 Å². The Bertz CT molecular complexity index is 679. The van der Waals surface area contributed by atoms with Gasteiger partial charge in [-0.1, -0.05) is 6.07 Å². The van der Waals surface area contributed by atoms with Crippen molar-refractivity contribution >= 4 is 21.7 Å². The van der Waals surface area contributed by atoms with E-state index in [-0.39, 0.29) is 21.5 Å². The van der Waals surface area contributed by atoms with Crippen LogP contribution in [0.25, 0.3) is 0 Å². The van der Waals surface area contributed by atoms with Crippen molar-refractivity contribution in [1.29, 1.82) is 0 Å². The van der Waals surface area contributed by atoms with Crippen LogP contribution in [0.4, 0.5) is 8.78 Å². The van der Waals surface area contributed by atoms with Crippen molar-refractivity contribution in [1.82, 2.24) is 0 Å². The molecular formula is C15H11BrF2O3. The number of benzene rings is 2. The lowest BCUT2D eigenvalue weighted by molar-refractivity contribution is 0.102. The number of ether oxygens (including phenoxy) is 2. The number of carbonyl (C=O) groups excluding carboxylic acids is 1. The number of rotatable bonds is 4. The zero-order valence-electron chi connectivity index (χ0n) is 11.2. The van der Waals surface area contributed by atoms with Crippen LogP contribution in [-0.2, 0) is 0 Å². The molecule has 2 aromatic rings.